The molecular weight excluding hydrogens is 427 g/mol. The highest BCUT2D eigenvalue weighted by Crippen LogP contribution is 2.25. The molecule has 0 unspecified atom stereocenters. The number of hydrogen-bond acceptors (Lipinski definition) is 3. The van der Waals surface area contributed by atoms with Gasteiger partial charge in [0, 0.05) is 0 Å². The van der Waals surface area contributed by atoms with Crippen LogP contribution in [0.5, 0.6) is 11.5 Å². The Balaban J connectivity index is 1.54. The zero-order valence-corrected chi connectivity index (χ0v) is 20.3. The summed E-state index contributed by atoms with van der Waals surface area (Å²) in [5, 5.41) is 0. The molecule has 0 amide bonds. The summed E-state index contributed by atoms with van der Waals surface area (Å²) in [5.74, 6) is -0.577. The summed E-state index contributed by atoms with van der Waals surface area (Å²) in [5.41, 5.74) is 3.66. The minimum absolute atomic E-state index is 0.151. The second kappa shape index (κ2) is 13.5. The number of hydrogen-bond donors (Lipinski definition) is 0. The maximum absolute atomic E-state index is 14.3. The maximum Gasteiger partial charge on any atom is 0.343 e. The van der Waals surface area contributed by atoms with E-state index in [1.54, 1.807) is 12.1 Å². The van der Waals surface area contributed by atoms with Gasteiger partial charge in [0.1, 0.15) is 5.75 Å². The van der Waals surface area contributed by atoms with Crippen molar-refractivity contribution in [3.05, 3.63) is 83.7 Å². The molecule has 0 saturated heterocycles. The molecule has 0 radical (unpaired) electrons. The number of carbonyl (C=O) groups is 1. The Kier molecular flexibility index (Phi) is 10.1. The number of ether oxygens (including phenoxy) is 2. The van der Waals surface area contributed by atoms with Crippen molar-refractivity contribution in [2.24, 2.45) is 0 Å². The Hall–Kier alpha value is -3.14. The van der Waals surface area contributed by atoms with Gasteiger partial charge in [0.25, 0.3) is 0 Å². The fourth-order valence-corrected chi connectivity index (χ4v) is 3.78. The van der Waals surface area contributed by atoms with Crippen LogP contribution >= 0.6 is 0 Å². The van der Waals surface area contributed by atoms with Crippen LogP contribution in [0.4, 0.5) is 4.39 Å². The lowest BCUT2D eigenvalue weighted by atomic mass is 10.0. The quantitative estimate of drug-likeness (QED) is 0.145. The van der Waals surface area contributed by atoms with E-state index in [0.29, 0.717) is 12.4 Å². The molecule has 0 aliphatic rings. The largest absolute Gasteiger partial charge is 0.491 e. The molecular formula is C30H35FO3. The molecule has 0 bridgehead atoms. The van der Waals surface area contributed by atoms with Gasteiger partial charge in [-0.25, -0.2) is 9.18 Å². The number of halogens is 1. The monoisotopic (exact) mass is 462 g/mol. The highest BCUT2D eigenvalue weighted by Gasteiger charge is 2.13. The first-order valence-electron chi connectivity index (χ1n) is 12.4. The molecule has 180 valence electrons. The minimum atomic E-state index is -0.599. The van der Waals surface area contributed by atoms with Crippen LogP contribution in [0.25, 0.3) is 11.1 Å². The summed E-state index contributed by atoms with van der Waals surface area (Å²) in [6, 6.07) is 20.1. The van der Waals surface area contributed by atoms with Gasteiger partial charge < -0.3 is 9.47 Å². The molecule has 0 saturated carbocycles. The van der Waals surface area contributed by atoms with E-state index in [-0.39, 0.29) is 11.3 Å². The number of carbonyl (C=O) groups excluding carboxylic acids is 1. The molecule has 0 N–H and O–H groups in total. The van der Waals surface area contributed by atoms with E-state index in [4.69, 9.17) is 9.47 Å². The first kappa shape index (κ1) is 25.5. The molecule has 0 aromatic heterocycles. The Labute approximate surface area is 202 Å². The molecule has 0 spiro atoms. The van der Waals surface area contributed by atoms with E-state index in [2.05, 4.69) is 38.1 Å². The van der Waals surface area contributed by atoms with E-state index >= 15 is 0 Å². The SMILES string of the molecule is CCCCCCOc1ccc(C(=O)Oc2ccc(-c3ccc(CCCCC)cc3)cc2)cc1F. The average molecular weight is 463 g/mol. The number of rotatable bonds is 13. The van der Waals surface area contributed by atoms with Crippen molar-refractivity contribution in [3.63, 3.8) is 0 Å². The molecule has 34 heavy (non-hydrogen) atoms. The molecule has 0 aliphatic heterocycles. The lowest BCUT2D eigenvalue weighted by Gasteiger charge is -2.09. The zero-order valence-electron chi connectivity index (χ0n) is 20.3. The highest BCUT2D eigenvalue weighted by atomic mass is 19.1. The standard InChI is InChI=1S/C30H35FO3/c1-3-5-7-9-21-33-29-20-17-26(22-28(29)31)30(32)34-27-18-15-25(16-19-27)24-13-11-23(12-14-24)10-8-6-4-2/h11-20,22H,3-10,21H2,1-2H3. The number of esters is 1. The third-order valence-corrected chi connectivity index (χ3v) is 5.84. The fourth-order valence-electron chi connectivity index (χ4n) is 3.78. The van der Waals surface area contributed by atoms with Crippen molar-refractivity contribution in [3.8, 4) is 22.6 Å². The van der Waals surface area contributed by atoms with E-state index in [1.165, 1.54) is 43.0 Å². The predicted octanol–water partition coefficient (Wildman–Crippen LogP) is 8.40. The van der Waals surface area contributed by atoms with Gasteiger partial charge in [-0.15, -0.1) is 0 Å². The van der Waals surface area contributed by atoms with Gasteiger partial charge in [-0.2, -0.15) is 0 Å². The van der Waals surface area contributed by atoms with E-state index < -0.39 is 11.8 Å². The smallest absolute Gasteiger partial charge is 0.343 e. The van der Waals surface area contributed by atoms with Crippen LogP contribution in [0.15, 0.2) is 66.7 Å². The van der Waals surface area contributed by atoms with Gasteiger partial charge in [0.2, 0.25) is 0 Å². The zero-order chi connectivity index (χ0) is 24.2. The first-order chi connectivity index (χ1) is 16.6. The van der Waals surface area contributed by atoms with Crippen molar-refractivity contribution in [2.75, 3.05) is 6.61 Å². The third kappa shape index (κ3) is 7.72. The van der Waals surface area contributed by atoms with E-state index in [0.717, 1.165) is 43.2 Å². The average Bonchev–Trinajstić information content (AvgIpc) is 2.86. The van der Waals surface area contributed by atoms with Crippen molar-refractivity contribution < 1.29 is 18.7 Å². The summed E-state index contributed by atoms with van der Waals surface area (Å²) in [4.78, 5) is 12.5. The van der Waals surface area contributed by atoms with Crippen LogP contribution in [0.1, 0.15) is 74.7 Å². The second-order valence-electron chi connectivity index (χ2n) is 8.62. The first-order valence-corrected chi connectivity index (χ1v) is 12.4. The molecule has 0 heterocycles. The fraction of sp³-hybridized carbons (Fsp3) is 0.367. The van der Waals surface area contributed by atoms with Crippen LogP contribution in [-0.2, 0) is 6.42 Å². The van der Waals surface area contributed by atoms with Crippen molar-refractivity contribution in [2.45, 2.75) is 65.2 Å². The van der Waals surface area contributed by atoms with Gasteiger partial charge in [0.05, 0.1) is 12.2 Å². The van der Waals surface area contributed by atoms with E-state index in [1.807, 2.05) is 12.1 Å². The Morgan fingerprint density at radius 2 is 1.41 bits per heavy atom. The Bertz CT molecular complexity index is 1030. The molecule has 4 heteroatoms. The van der Waals surface area contributed by atoms with Crippen molar-refractivity contribution in [1.29, 1.82) is 0 Å². The summed E-state index contributed by atoms with van der Waals surface area (Å²) in [6.07, 6.45) is 9.03. The van der Waals surface area contributed by atoms with Crippen LogP contribution in [0, 0.1) is 5.82 Å². The molecule has 0 fully saturated rings. The predicted molar refractivity (Wildman–Crippen MR) is 136 cm³/mol. The molecule has 0 atom stereocenters. The third-order valence-electron chi connectivity index (χ3n) is 5.84. The van der Waals surface area contributed by atoms with E-state index in [9.17, 15) is 9.18 Å². The molecule has 3 nitrogen and oxygen atoms in total. The molecule has 0 aliphatic carbocycles. The molecule has 3 rings (SSSR count). The summed E-state index contributed by atoms with van der Waals surface area (Å²) in [6.45, 7) is 4.82. The summed E-state index contributed by atoms with van der Waals surface area (Å²) >= 11 is 0. The van der Waals surface area contributed by atoms with Gasteiger partial charge in [-0.05, 0) is 66.3 Å². The van der Waals surface area contributed by atoms with Crippen molar-refractivity contribution in [1.82, 2.24) is 0 Å². The topological polar surface area (TPSA) is 35.5 Å². The lowest BCUT2D eigenvalue weighted by molar-refractivity contribution is 0.0734. The number of unbranched alkanes of at least 4 members (excludes halogenated alkanes) is 5. The van der Waals surface area contributed by atoms with Crippen LogP contribution in [-0.4, -0.2) is 12.6 Å². The van der Waals surface area contributed by atoms with Gasteiger partial charge in [-0.3, -0.25) is 0 Å². The van der Waals surface area contributed by atoms with Crippen LogP contribution in [0.3, 0.4) is 0 Å². The summed E-state index contributed by atoms with van der Waals surface area (Å²) in [7, 11) is 0. The Morgan fingerprint density at radius 1 is 0.765 bits per heavy atom. The normalized spacial score (nSPS) is 10.8. The number of benzene rings is 3. The minimum Gasteiger partial charge on any atom is -0.491 e. The van der Waals surface area contributed by atoms with Crippen molar-refractivity contribution >= 4 is 5.97 Å². The molecule has 3 aromatic rings. The summed E-state index contributed by atoms with van der Waals surface area (Å²) < 4.78 is 25.3. The maximum atomic E-state index is 14.3. The van der Waals surface area contributed by atoms with Gasteiger partial charge >= 0.3 is 5.97 Å². The molecule has 3 aromatic carbocycles. The lowest BCUT2D eigenvalue weighted by Crippen LogP contribution is -2.09. The number of aryl methyl sites for hydroxylation is 1. The van der Waals surface area contributed by atoms with Crippen LogP contribution in [0.2, 0.25) is 0 Å². The second-order valence-corrected chi connectivity index (χ2v) is 8.62. The van der Waals surface area contributed by atoms with Gasteiger partial charge in [-0.1, -0.05) is 82.3 Å². The Morgan fingerprint density at radius 3 is 2.06 bits per heavy atom. The highest BCUT2D eigenvalue weighted by molar-refractivity contribution is 5.91. The van der Waals surface area contributed by atoms with Gasteiger partial charge in [0.15, 0.2) is 11.6 Å². The van der Waals surface area contributed by atoms with Crippen LogP contribution < -0.4 is 9.47 Å².